The summed E-state index contributed by atoms with van der Waals surface area (Å²) in [5, 5.41) is 2.45. The fourth-order valence-corrected chi connectivity index (χ4v) is 9.10. The van der Waals surface area contributed by atoms with E-state index >= 15 is 0 Å². The first kappa shape index (κ1) is 35.0. The highest BCUT2D eigenvalue weighted by Gasteiger charge is 2.23. The molecule has 4 heteroatoms. The fourth-order valence-electron chi connectivity index (χ4n) is 7.93. The van der Waals surface area contributed by atoms with Crippen LogP contribution in [0.25, 0.3) is 31.3 Å². The average molecular weight is 762 g/mol. The first-order valence-corrected chi connectivity index (χ1v) is 20.4. The van der Waals surface area contributed by atoms with Gasteiger partial charge >= 0.3 is 0 Å². The third-order valence-corrected chi connectivity index (χ3v) is 11.8. The minimum atomic E-state index is 1.09. The van der Waals surface area contributed by atoms with Crippen LogP contribution in [0, 0.1) is 0 Å². The summed E-state index contributed by atoms with van der Waals surface area (Å²) in [6, 6.07) is 84.6. The van der Waals surface area contributed by atoms with Crippen molar-refractivity contribution in [3.05, 3.63) is 237 Å². The fraction of sp³-hybridized carbons (Fsp3) is 0. The molecule has 0 unspecified atom stereocenters. The number of nitrogens with zero attached hydrogens (tertiary/aromatic N) is 3. The zero-order valence-corrected chi connectivity index (χ0v) is 32.6. The Labute approximate surface area is 343 Å². The van der Waals surface area contributed by atoms with E-state index < -0.39 is 0 Å². The summed E-state index contributed by atoms with van der Waals surface area (Å²) in [5.74, 6) is 0. The Hall–Kier alpha value is -7.40. The van der Waals surface area contributed by atoms with Gasteiger partial charge in [0.25, 0.3) is 0 Å². The van der Waals surface area contributed by atoms with Gasteiger partial charge in [0.05, 0.1) is 10.4 Å². The van der Waals surface area contributed by atoms with Crippen LogP contribution in [0.4, 0.5) is 51.2 Å². The van der Waals surface area contributed by atoms with Crippen molar-refractivity contribution in [1.82, 2.24) is 0 Å². The van der Waals surface area contributed by atoms with Crippen molar-refractivity contribution >= 4 is 82.7 Å². The molecule has 1 aromatic heterocycles. The largest absolute Gasteiger partial charge is 0.310 e. The van der Waals surface area contributed by atoms with E-state index in [0.717, 1.165) is 56.7 Å². The Morgan fingerprint density at radius 1 is 0.259 bits per heavy atom. The molecule has 0 saturated carbocycles. The lowest BCUT2D eigenvalue weighted by molar-refractivity contribution is 1.26. The molecule has 0 aliphatic rings. The normalized spacial score (nSPS) is 11.1. The van der Waals surface area contributed by atoms with Crippen LogP contribution < -0.4 is 14.7 Å². The van der Waals surface area contributed by atoms with Crippen molar-refractivity contribution in [1.29, 1.82) is 0 Å². The van der Waals surface area contributed by atoms with Gasteiger partial charge in [0.2, 0.25) is 0 Å². The van der Waals surface area contributed by atoms with Crippen LogP contribution in [-0.2, 0) is 0 Å². The number of hydrogen-bond acceptors (Lipinski definition) is 4. The number of para-hydroxylation sites is 6. The third kappa shape index (κ3) is 6.76. The Kier molecular flexibility index (Phi) is 9.44. The molecule has 1 heterocycles. The molecular formula is C54H39N3S. The molecule has 9 aromatic carbocycles. The Balaban J connectivity index is 1.20. The van der Waals surface area contributed by atoms with E-state index in [1.165, 1.54) is 25.7 Å². The van der Waals surface area contributed by atoms with Gasteiger partial charge in [-0.2, -0.15) is 0 Å². The molecule has 10 aromatic rings. The smallest absolute Gasteiger partial charge is 0.0661 e. The van der Waals surface area contributed by atoms with E-state index in [1.54, 1.807) is 0 Å². The van der Waals surface area contributed by atoms with Crippen molar-refractivity contribution in [2.24, 2.45) is 0 Å². The van der Waals surface area contributed by atoms with Gasteiger partial charge in [0.1, 0.15) is 0 Å². The summed E-state index contributed by atoms with van der Waals surface area (Å²) >= 11 is 1.86. The molecule has 0 amide bonds. The molecule has 0 N–H and O–H groups in total. The minimum Gasteiger partial charge on any atom is -0.310 e. The van der Waals surface area contributed by atoms with E-state index in [2.05, 4.69) is 251 Å². The maximum absolute atomic E-state index is 2.40. The van der Waals surface area contributed by atoms with E-state index in [1.807, 2.05) is 11.3 Å². The topological polar surface area (TPSA) is 9.72 Å². The zero-order chi connectivity index (χ0) is 38.7. The molecule has 3 nitrogen and oxygen atoms in total. The number of anilines is 9. The molecule has 0 aliphatic carbocycles. The average Bonchev–Trinajstić information content (AvgIpc) is 3.67. The molecule has 0 atom stereocenters. The summed E-state index contributed by atoms with van der Waals surface area (Å²) in [4.78, 5) is 7.10. The maximum atomic E-state index is 2.40. The Morgan fingerprint density at radius 3 is 1.12 bits per heavy atom. The quantitative estimate of drug-likeness (QED) is 0.137. The van der Waals surface area contributed by atoms with Gasteiger partial charge in [-0.15, -0.1) is 11.3 Å². The SMILES string of the molecule is c1ccc(N(c2ccccc2)c2cccc(-c3ccc4sc5c(N(c6ccccc6)c6ccccc6)cc(N(c6ccccc6)c6ccccc6)cc5c4c3)c2)cc1. The molecule has 0 saturated heterocycles. The van der Waals surface area contributed by atoms with Crippen LogP contribution in [0.3, 0.4) is 0 Å². The van der Waals surface area contributed by atoms with E-state index in [4.69, 9.17) is 0 Å². The molecular weight excluding hydrogens is 723 g/mol. The van der Waals surface area contributed by atoms with E-state index in [-0.39, 0.29) is 0 Å². The van der Waals surface area contributed by atoms with Crippen LogP contribution >= 0.6 is 11.3 Å². The van der Waals surface area contributed by atoms with Crippen molar-refractivity contribution < 1.29 is 0 Å². The zero-order valence-electron chi connectivity index (χ0n) is 31.8. The second kappa shape index (κ2) is 15.6. The molecule has 0 aliphatic heterocycles. The molecule has 58 heavy (non-hydrogen) atoms. The first-order chi connectivity index (χ1) is 28.8. The highest BCUT2D eigenvalue weighted by molar-refractivity contribution is 7.26. The molecule has 276 valence electrons. The first-order valence-electron chi connectivity index (χ1n) is 19.6. The van der Waals surface area contributed by atoms with Crippen LogP contribution in [0.1, 0.15) is 0 Å². The van der Waals surface area contributed by atoms with Gasteiger partial charge in [-0.25, -0.2) is 0 Å². The monoisotopic (exact) mass is 761 g/mol. The van der Waals surface area contributed by atoms with Crippen molar-refractivity contribution in [3.8, 4) is 11.1 Å². The predicted molar refractivity (Wildman–Crippen MR) is 249 cm³/mol. The van der Waals surface area contributed by atoms with Gasteiger partial charge < -0.3 is 14.7 Å². The van der Waals surface area contributed by atoms with Gasteiger partial charge in [-0.05, 0) is 120 Å². The number of thiophene rings is 1. The van der Waals surface area contributed by atoms with Crippen LogP contribution in [0.5, 0.6) is 0 Å². The van der Waals surface area contributed by atoms with Crippen LogP contribution in [0.2, 0.25) is 0 Å². The van der Waals surface area contributed by atoms with Crippen LogP contribution in [0.15, 0.2) is 237 Å². The second-order valence-corrected chi connectivity index (χ2v) is 15.3. The highest BCUT2D eigenvalue weighted by Crippen LogP contribution is 2.49. The van der Waals surface area contributed by atoms with Crippen LogP contribution in [-0.4, -0.2) is 0 Å². The lowest BCUT2D eigenvalue weighted by atomic mass is 10.0. The molecule has 10 rings (SSSR count). The van der Waals surface area contributed by atoms with E-state index in [9.17, 15) is 0 Å². The van der Waals surface area contributed by atoms with Gasteiger partial charge in [-0.1, -0.05) is 127 Å². The molecule has 0 radical (unpaired) electrons. The lowest BCUT2D eigenvalue weighted by Gasteiger charge is -2.30. The Morgan fingerprint density at radius 2 is 0.655 bits per heavy atom. The van der Waals surface area contributed by atoms with Crippen molar-refractivity contribution in [2.75, 3.05) is 14.7 Å². The maximum Gasteiger partial charge on any atom is 0.0661 e. The summed E-state index contributed by atoms with van der Waals surface area (Å²) < 4.78 is 2.48. The summed E-state index contributed by atoms with van der Waals surface area (Å²) in [7, 11) is 0. The van der Waals surface area contributed by atoms with Gasteiger partial charge in [0.15, 0.2) is 0 Å². The number of fused-ring (bicyclic) bond motifs is 3. The molecule has 0 fully saturated rings. The van der Waals surface area contributed by atoms with Gasteiger partial charge in [-0.3, -0.25) is 0 Å². The molecule has 0 bridgehead atoms. The number of benzene rings is 9. The van der Waals surface area contributed by atoms with E-state index in [0.29, 0.717) is 0 Å². The Bertz CT molecular complexity index is 2820. The number of rotatable bonds is 10. The van der Waals surface area contributed by atoms with Crippen molar-refractivity contribution in [2.45, 2.75) is 0 Å². The predicted octanol–water partition coefficient (Wildman–Crippen LogP) is 16.1. The second-order valence-electron chi connectivity index (χ2n) is 14.2. The standard InChI is InChI=1S/C54H39N3S/c1-7-21-42(22-8-1)55(43-23-9-2-10-24-43)48-33-19-20-40(36-48)41-34-35-53-50(37-41)51-38-49(56(44-25-11-3-12-26-44)45-27-13-4-14-28-45)39-52(54(51)58-53)57(46-29-15-5-16-30-46)47-31-17-6-18-32-47/h1-39H. The molecule has 0 spiro atoms. The van der Waals surface area contributed by atoms with Gasteiger partial charge in [0, 0.05) is 61.0 Å². The minimum absolute atomic E-state index is 1.09. The number of hydrogen-bond donors (Lipinski definition) is 0. The lowest BCUT2D eigenvalue weighted by Crippen LogP contribution is -2.13. The summed E-state index contributed by atoms with van der Waals surface area (Å²) in [6.45, 7) is 0. The third-order valence-electron chi connectivity index (χ3n) is 10.6. The highest BCUT2D eigenvalue weighted by atomic mass is 32.1. The summed E-state index contributed by atoms with van der Waals surface area (Å²) in [5.41, 5.74) is 12.3. The summed E-state index contributed by atoms with van der Waals surface area (Å²) in [6.07, 6.45) is 0. The van der Waals surface area contributed by atoms with Crippen molar-refractivity contribution in [3.63, 3.8) is 0 Å².